The first-order valence-corrected chi connectivity index (χ1v) is 10.2. The fourth-order valence-electron chi connectivity index (χ4n) is 3.23. The van der Waals surface area contributed by atoms with Crippen LogP contribution >= 0.6 is 11.6 Å². The smallest absolute Gasteiger partial charge is 0.278 e. The molecule has 2 aromatic heterocycles. The van der Waals surface area contributed by atoms with E-state index in [0.29, 0.717) is 34.6 Å². The number of nitrogens with one attached hydrogen (secondary N) is 1. The zero-order chi connectivity index (χ0) is 22.1. The Balaban J connectivity index is 1.54. The lowest BCUT2D eigenvalue weighted by Gasteiger charge is -2.06. The van der Waals surface area contributed by atoms with Gasteiger partial charge in [0.25, 0.3) is 5.91 Å². The molecule has 4 rings (SSSR count). The van der Waals surface area contributed by atoms with Crippen molar-refractivity contribution >= 4 is 23.2 Å². The lowest BCUT2D eigenvalue weighted by molar-refractivity contribution is 0.102. The number of aryl methyl sites for hydroxylation is 3. The second-order valence-corrected chi connectivity index (χ2v) is 7.84. The van der Waals surface area contributed by atoms with Gasteiger partial charge in [0.15, 0.2) is 5.69 Å². The van der Waals surface area contributed by atoms with E-state index in [-0.39, 0.29) is 11.6 Å². The summed E-state index contributed by atoms with van der Waals surface area (Å²) in [6.07, 6.45) is 0. The fraction of sp³-hybridized carbons (Fsp3) is 0.217. The SMILES string of the molecule is Cc1ccc(NC(=O)c2nnn(Cc3nc(-c4ccccc4C)oc3C)c2C)cc1Cl. The van der Waals surface area contributed by atoms with Crippen LogP contribution in [0.5, 0.6) is 0 Å². The van der Waals surface area contributed by atoms with Crippen molar-refractivity contribution in [2.45, 2.75) is 34.2 Å². The maximum atomic E-state index is 12.7. The number of carbonyl (C=O) groups excluding carboxylic acids is 1. The molecule has 0 atom stereocenters. The summed E-state index contributed by atoms with van der Waals surface area (Å²) >= 11 is 6.14. The van der Waals surface area contributed by atoms with Gasteiger partial charge in [-0.15, -0.1) is 5.10 Å². The van der Waals surface area contributed by atoms with Crippen LogP contribution in [0.3, 0.4) is 0 Å². The first-order valence-electron chi connectivity index (χ1n) is 9.83. The molecule has 0 saturated carbocycles. The van der Waals surface area contributed by atoms with Gasteiger partial charge in [-0.25, -0.2) is 9.67 Å². The summed E-state index contributed by atoms with van der Waals surface area (Å²) in [5, 5.41) is 11.6. The van der Waals surface area contributed by atoms with Crippen molar-refractivity contribution < 1.29 is 9.21 Å². The van der Waals surface area contributed by atoms with Gasteiger partial charge in [0.1, 0.15) is 11.5 Å². The van der Waals surface area contributed by atoms with E-state index in [1.54, 1.807) is 23.7 Å². The van der Waals surface area contributed by atoms with Crippen LogP contribution in [0.4, 0.5) is 5.69 Å². The molecule has 1 amide bonds. The third-order valence-electron chi connectivity index (χ3n) is 5.20. The van der Waals surface area contributed by atoms with E-state index in [2.05, 4.69) is 20.6 Å². The van der Waals surface area contributed by atoms with Crippen molar-refractivity contribution in [1.82, 2.24) is 20.0 Å². The highest BCUT2D eigenvalue weighted by Crippen LogP contribution is 2.25. The van der Waals surface area contributed by atoms with Gasteiger partial charge < -0.3 is 9.73 Å². The summed E-state index contributed by atoms with van der Waals surface area (Å²) in [6, 6.07) is 13.3. The lowest BCUT2D eigenvalue weighted by atomic mass is 10.1. The molecule has 8 heteroatoms. The van der Waals surface area contributed by atoms with Crippen LogP contribution in [0.15, 0.2) is 46.9 Å². The van der Waals surface area contributed by atoms with E-state index in [9.17, 15) is 4.79 Å². The highest BCUT2D eigenvalue weighted by Gasteiger charge is 2.20. The number of aromatic nitrogens is 4. The minimum Gasteiger partial charge on any atom is -0.441 e. The minimum absolute atomic E-state index is 0.247. The predicted molar refractivity (Wildman–Crippen MR) is 119 cm³/mol. The number of hydrogen-bond acceptors (Lipinski definition) is 5. The molecule has 0 fully saturated rings. The van der Waals surface area contributed by atoms with Crippen molar-refractivity contribution in [3.8, 4) is 11.5 Å². The van der Waals surface area contributed by atoms with E-state index < -0.39 is 0 Å². The summed E-state index contributed by atoms with van der Waals surface area (Å²) in [5.41, 5.74) is 5.20. The average Bonchev–Trinajstić information content (AvgIpc) is 3.28. The normalized spacial score (nSPS) is 11.0. The number of oxazole rings is 1. The maximum Gasteiger partial charge on any atom is 0.278 e. The highest BCUT2D eigenvalue weighted by atomic mass is 35.5. The first-order chi connectivity index (χ1) is 14.8. The molecule has 0 unspecified atom stereocenters. The highest BCUT2D eigenvalue weighted by molar-refractivity contribution is 6.31. The van der Waals surface area contributed by atoms with Crippen LogP contribution in [0.2, 0.25) is 5.02 Å². The number of halogens is 1. The molecule has 0 saturated heterocycles. The Kier molecular flexibility index (Phi) is 5.61. The molecule has 0 aliphatic rings. The zero-order valence-corrected chi connectivity index (χ0v) is 18.5. The summed E-state index contributed by atoms with van der Waals surface area (Å²) in [6.45, 7) is 7.94. The van der Waals surface area contributed by atoms with E-state index in [1.165, 1.54) is 0 Å². The van der Waals surface area contributed by atoms with Gasteiger partial charge in [-0.1, -0.05) is 41.1 Å². The summed E-state index contributed by atoms with van der Waals surface area (Å²) in [7, 11) is 0. The Morgan fingerprint density at radius 3 is 2.61 bits per heavy atom. The zero-order valence-electron chi connectivity index (χ0n) is 17.7. The average molecular weight is 436 g/mol. The molecular formula is C23H22ClN5O2. The molecule has 2 aromatic carbocycles. The van der Waals surface area contributed by atoms with Gasteiger partial charge in [0.2, 0.25) is 5.89 Å². The Morgan fingerprint density at radius 1 is 1.10 bits per heavy atom. The number of hydrogen-bond donors (Lipinski definition) is 1. The predicted octanol–water partition coefficient (Wildman–Crippen LogP) is 5.12. The van der Waals surface area contributed by atoms with Crippen molar-refractivity contribution in [1.29, 1.82) is 0 Å². The molecule has 158 valence electrons. The molecule has 31 heavy (non-hydrogen) atoms. The molecule has 1 N–H and O–H groups in total. The van der Waals surface area contributed by atoms with E-state index in [0.717, 1.165) is 22.4 Å². The second kappa shape index (κ2) is 8.35. The number of amides is 1. The largest absolute Gasteiger partial charge is 0.441 e. The molecule has 4 aromatic rings. The summed E-state index contributed by atoms with van der Waals surface area (Å²) in [4.78, 5) is 17.3. The number of benzene rings is 2. The molecule has 0 aliphatic carbocycles. The van der Waals surface area contributed by atoms with Crippen LogP contribution < -0.4 is 5.32 Å². The van der Waals surface area contributed by atoms with Gasteiger partial charge in [0, 0.05) is 16.3 Å². The molecule has 0 radical (unpaired) electrons. The van der Waals surface area contributed by atoms with Crippen molar-refractivity contribution in [2.24, 2.45) is 0 Å². The van der Waals surface area contributed by atoms with Crippen molar-refractivity contribution in [3.05, 3.63) is 81.5 Å². The van der Waals surface area contributed by atoms with Gasteiger partial charge in [0.05, 0.1) is 12.2 Å². The molecule has 0 spiro atoms. The van der Waals surface area contributed by atoms with E-state index >= 15 is 0 Å². The Bertz CT molecular complexity index is 1270. The van der Waals surface area contributed by atoms with Crippen molar-refractivity contribution in [3.63, 3.8) is 0 Å². The Morgan fingerprint density at radius 2 is 1.87 bits per heavy atom. The third-order valence-corrected chi connectivity index (χ3v) is 5.60. The van der Waals surface area contributed by atoms with Crippen LogP contribution in [0.1, 0.15) is 38.8 Å². The quantitative estimate of drug-likeness (QED) is 0.470. The molecule has 2 heterocycles. The number of rotatable bonds is 5. The number of carbonyl (C=O) groups is 1. The number of nitrogens with zero attached hydrogens (tertiary/aromatic N) is 4. The minimum atomic E-state index is -0.346. The Labute approximate surface area is 185 Å². The monoisotopic (exact) mass is 435 g/mol. The maximum absolute atomic E-state index is 12.7. The Hall–Kier alpha value is -3.45. The molecule has 7 nitrogen and oxygen atoms in total. The standard InChI is InChI=1S/C23H22ClN5O2/c1-13-7-5-6-8-18(13)23-26-20(16(4)31-23)12-29-15(3)21(27-28-29)22(30)25-17-10-9-14(2)19(24)11-17/h5-11H,12H2,1-4H3,(H,25,30). The van der Waals surface area contributed by atoms with Crippen molar-refractivity contribution in [2.75, 3.05) is 5.32 Å². The summed E-state index contributed by atoms with van der Waals surface area (Å²) in [5.74, 6) is 0.923. The van der Waals surface area contributed by atoms with Crippen LogP contribution in [0, 0.1) is 27.7 Å². The number of anilines is 1. The van der Waals surface area contributed by atoms with E-state index in [1.807, 2.05) is 51.1 Å². The second-order valence-electron chi connectivity index (χ2n) is 7.44. The first kappa shape index (κ1) is 20.8. The lowest BCUT2D eigenvalue weighted by Crippen LogP contribution is -2.14. The fourth-order valence-corrected chi connectivity index (χ4v) is 3.41. The van der Waals surface area contributed by atoms with Gasteiger partial charge in [-0.3, -0.25) is 4.79 Å². The third kappa shape index (κ3) is 4.22. The van der Waals surface area contributed by atoms with Gasteiger partial charge >= 0.3 is 0 Å². The van der Waals surface area contributed by atoms with Crippen LogP contribution in [0.25, 0.3) is 11.5 Å². The molecule has 0 bridgehead atoms. The molecule has 0 aliphatic heterocycles. The summed E-state index contributed by atoms with van der Waals surface area (Å²) < 4.78 is 7.53. The van der Waals surface area contributed by atoms with Gasteiger partial charge in [-0.2, -0.15) is 0 Å². The topological polar surface area (TPSA) is 85.8 Å². The van der Waals surface area contributed by atoms with Crippen LogP contribution in [-0.2, 0) is 6.54 Å². The van der Waals surface area contributed by atoms with Crippen LogP contribution in [-0.4, -0.2) is 25.9 Å². The van der Waals surface area contributed by atoms with Gasteiger partial charge in [-0.05, 0) is 57.0 Å². The van der Waals surface area contributed by atoms with E-state index in [4.69, 9.17) is 16.0 Å². The molecular weight excluding hydrogens is 414 g/mol.